The van der Waals surface area contributed by atoms with Gasteiger partial charge in [-0.05, 0) is 40.0 Å². The lowest BCUT2D eigenvalue weighted by atomic mass is 10.2. The fraction of sp³-hybridized carbons (Fsp3) is 0.643. The van der Waals surface area contributed by atoms with Crippen LogP contribution < -0.4 is 10.6 Å². The van der Waals surface area contributed by atoms with Gasteiger partial charge >= 0.3 is 6.09 Å². The highest BCUT2D eigenvalue weighted by Gasteiger charge is 2.17. The standard InChI is InChI=1S/C14H22N4O2/c1-14(2,3)20-13(19)16-8-7-15-12-10-5-4-6-11(10)17-9-18-12/h9H,4-8H2,1-3H3,(H,16,19)(H,15,17,18). The monoisotopic (exact) mass is 278 g/mol. The van der Waals surface area contributed by atoms with Crippen molar-refractivity contribution in [3.8, 4) is 0 Å². The Morgan fingerprint density at radius 3 is 2.85 bits per heavy atom. The third kappa shape index (κ3) is 4.08. The third-order valence-electron chi connectivity index (χ3n) is 2.96. The first-order chi connectivity index (χ1) is 9.46. The van der Waals surface area contributed by atoms with E-state index in [-0.39, 0.29) is 0 Å². The Labute approximate surface area is 119 Å². The molecule has 0 saturated heterocycles. The maximum atomic E-state index is 11.5. The molecule has 0 atom stereocenters. The van der Waals surface area contributed by atoms with Gasteiger partial charge in [-0.3, -0.25) is 0 Å². The molecule has 1 aliphatic carbocycles. The molecule has 0 unspecified atom stereocenters. The van der Waals surface area contributed by atoms with Crippen LogP contribution in [0.25, 0.3) is 0 Å². The Morgan fingerprint density at radius 2 is 2.10 bits per heavy atom. The predicted molar refractivity (Wildman–Crippen MR) is 76.8 cm³/mol. The van der Waals surface area contributed by atoms with Crippen LogP contribution in [0.5, 0.6) is 0 Å². The van der Waals surface area contributed by atoms with Crippen LogP contribution in [0, 0.1) is 0 Å². The summed E-state index contributed by atoms with van der Waals surface area (Å²) in [5, 5.41) is 5.95. The van der Waals surface area contributed by atoms with E-state index >= 15 is 0 Å². The number of nitrogens with zero attached hydrogens (tertiary/aromatic N) is 2. The van der Waals surface area contributed by atoms with E-state index in [2.05, 4.69) is 20.6 Å². The third-order valence-corrected chi connectivity index (χ3v) is 2.96. The van der Waals surface area contributed by atoms with Gasteiger partial charge in [0.15, 0.2) is 0 Å². The topological polar surface area (TPSA) is 76.1 Å². The summed E-state index contributed by atoms with van der Waals surface area (Å²) in [4.78, 5) is 20.0. The number of anilines is 1. The zero-order chi connectivity index (χ0) is 14.6. The van der Waals surface area contributed by atoms with Gasteiger partial charge in [0.25, 0.3) is 0 Å². The number of aryl methyl sites for hydroxylation is 1. The maximum Gasteiger partial charge on any atom is 0.407 e. The number of carbonyl (C=O) groups is 1. The second kappa shape index (κ2) is 6.07. The van der Waals surface area contributed by atoms with E-state index < -0.39 is 11.7 Å². The van der Waals surface area contributed by atoms with Crippen molar-refractivity contribution in [2.75, 3.05) is 18.4 Å². The summed E-state index contributed by atoms with van der Waals surface area (Å²) in [5.41, 5.74) is 1.89. The van der Waals surface area contributed by atoms with Crippen molar-refractivity contribution >= 4 is 11.9 Å². The van der Waals surface area contributed by atoms with E-state index in [9.17, 15) is 4.79 Å². The Hall–Kier alpha value is -1.85. The highest BCUT2D eigenvalue weighted by atomic mass is 16.6. The zero-order valence-electron chi connectivity index (χ0n) is 12.3. The summed E-state index contributed by atoms with van der Waals surface area (Å²) in [5.74, 6) is 0.887. The van der Waals surface area contributed by atoms with Crippen molar-refractivity contribution in [3.05, 3.63) is 17.6 Å². The van der Waals surface area contributed by atoms with Gasteiger partial charge in [-0.25, -0.2) is 14.8 Å². The molecule has 0 aliphatic heterocycles. The molecule has 1 aromatic heterocycles. The quantitative estimate of drug-likeness (QED) is 0.823. The predicted octanol–water partition coefficient (Wildman–Crippen LogP) is 1.90. The van der Waals surface area contributed by atoms with Gasteiger partial charge < -0.3 is 15.4 Å². The first kappa shape index (κ1) is 14.6. The lowest BCUT2D eigenvalue weighted by molar-refractivity contribution is 0.0530. The second-order valence-corrected chi connectivity index (χ2v) is 5.86. The lowest BCUT2D eigenvalue weighted by Crippen LogP contribution is -2.35. The van der Waals surface area contributed by atoms with Gasteiger partial charge in [0.2, 0.25) is 0 Å². The fourth-order valence-corrected chi connectivity index (χ4v) is 2.17. The number of amides is 1. The Morgan fingerprint density at radius 1 is 1.30 bits per heavy atom. The molecule has 1 aliphatic rings. The molecule has 6 nitrogen and oxygen atoms in total. The lowest BCUT2D eigenvalue weighted by Gasteiger charge is -2.19. The molecule has 110 valence electrons. The van der Waals surface area contributed by atoms with E-state index in [0.717, 1.165) is 30.8 Å². The van der Waals surface area contributed by atoms with E-state index in [1.165, 1.54) is 5.56 Å². The Kier molecular flexibility index (Phi) is 4.42. The first-order valence-corrected chi connectivity index (χ1v) is 6.99. The number of aromatic nitrogens is 2. The Bertz CT molecular complexity index is 483. The molecule has 1 aromatic rings. The molecule has 2 rings (SSSR count). The largest absolute Gasteiger partial charge is 0.444 e. The molecule has 2 N–H and O–H groups in total. The molecule has 0 spiro atoms. The maximum absolute atomic E-state index is 11.5. The van der Waals surface area contributed by atoms with Crippen LogP contribution in [0.2, 0.25) is 0 Å². The molecule has 0 radical (unpaired) electrons. The number of nitrogens with one attached hydrogen (secondary N) is 2. The van der Waals surface area contributed by atoms with Crippen LogP contribution in [0.15, 0.2) is 6.33 Å². The van der Waals surface area contributed by atoms with Crippen LogP contribution in [0.3, 0.4) is 0 Å². The van der Waals surface area contributed by atoms with Crippen LogP contribution in [-0.2, 0) is 17.6 Å². The molecule has 20 heavy (non-hydrogen) atoms. The van der Waals surface area contributed by atoms with Crippen LogP contribution in [0.1, 0.15) is 38.4 Å². The summed E-state index contributed by atoms with van der Waals surface area (Å²) in [7, 11) is 0. The number of hydrogen-bond donors (Lipinski definition) is 2. The van der Waals surface area contributed by atoms with Crippen LogP contribution in [0.4, 0.5) is 10.6 Å². The van der Waals surface area contributed by atoms with Gasteiger partial charge in [0, 0.05) is 24.3 Å². The molecular formula is C14H22N4O2. The molecule has 0 fully saturated rings. The number of fused-ring (bicyclic) bond motifs is 1. The SMILES string of the molecule is CC(C)(C)OC(=O)NCCNc1ncnc2c1CCC2. The number of ether oxygens (including phenoxy) is 1. The van der Waals surface area contributed by atoms with Gasteiger partial charge in [0.05, 0.1) is 0 Å². The number of carbonyl (C=O) groups excluding carboxylic acids is 1. The minimum atomic E-state index is -0.467. The molecule has 0 saturated carbocycles. The minimum absolute atomic E-state index is 0.396. The average molecular weight is 278 g/mol. The Balaban J connectivity index is 1.74. The molecule has 1 heterocycles. The highest BCUT2D eigenvalue weighted by molar-refractivity contribution is 5.67. The van der Waals surface area contributed by atoms with Crippen molar-refractivity contribution in [2.24, 2.45) is 0 Å². The number of alkyl carbamates (subject to hydrolysis) is 1. The van der Waals surface area contributed by atoms with Gasteiger partial charge in [-0.2, -0.15) is 0 Å². The zero-order valence-corrected chi connectivity index (χ0v) is 12.3. The average Bonchev–Trinajstić information content (AvgIpc) is 2.81. The van der Waals surface area contributed by atoms with E-state index in [1.54, 1.807) is 6.33 Å². The number of rotatable bonds is 4. The normalized spacial score (nSPS) is 13.8. The molecule has 0 aromatic carbocycles. The van der Waals surface area contributed by atoms with Crippen molar-refractivity contribution in [1.82, 2.24) is 15.3 Å². The molecule has 1 amide bonds. The molecule has 0 bridgehead atoms. The summed E-state index contributed by atoms with van der Waals surface area (Å²) >= 11 is 0. The van der Waals surface area contributed by atoms with Crippen molar-refractivity contribution < 1.29 is 9.53 Å². The minimum Gasteiger partial charge on any atom is -0.444 e. The summed E-state index contributed by atoms with van der Waals surface area (Å²) in [6.07, 6.45) is 4.39. The van der Waals surface area contributed by atoms with Gasteiger partial charge in [-0.1, -0.05) is 0 Å². The van der Waals surface area contributed by atoms with E-state index in [0.29, 0.717) is 13.1 Å². The summed E-state index contributed by atoms with van der Waals surface area (Å²) in [6.45, 7) is 6.63. The molecular weight excluding hydrogens is 256 g/mol. The summed E-state index contributed by atoms with van der Waals surface area (Å²) < 4.78 is 5.16. The van der Waals surface area contributed by atoms with E-state index in [4.69, 9.17) is 4.74 Å². The van der Waals surface area contributed by atoms with Crippen molar-refractivity contribution in [2.45, 2.75) is 45.6 Å². The fourth-order valence-electron chi connectivity index (χ4n) is 2.17. The smallest absolute Gasteiger partial charge is 0.407 e. The van der Waals surface area contributed by atoms with E-state index in [1.807, 2.05) is 20.8 Å². The van der Waals surface area contributed by atoms with Crippen LogP contribution in [-0.4, -0.2) is 34.8 Å². The van der Waals surface area contributed by atoms with Crippen molar-refractivity contribution in [1.29, 1.82) is 0 Å². The van der Waals surface area contributed by atoms with Gasteiger partial charge in [0.1, 0.15) is 17.7 Å². The van der Waals surface area contributed by atoms with Crippen molar-refractivity contribution in [3.63, 3.8) is 0 Å². The highest BCUT2D eigenvalue weighted by Crippen LogP contribution is 2.24. The number of hydrogen-bond acceptors (Lipinski definition) is 5. The van der Waals surface area contributed by atoms with Gasteiger partial charge in [-0.15, -0.1) is 0 Å². The summed E-state index contributed by atoms with van der Waals surface area (Å²) in [6, 6.07) is 0. The second-order valence-electron chi connectivity index (χ2n) is 5.86. The first-order valence-electron chi connectivity index (χ1n) is 6.99. The molecule has 6 heteroatoms. The van der Waals surface area contributed by atoms with Crippen LogP contribution >= 0.6 is 0 Å².